The van der Waals surface area contributed by atoms with Gasteiger partial charge in [-0.15, -0.1) is 0 Å². The smallest absolute Gasteiger partial charge is 0.366 e. The van der Waals surface area contributed by atoms with Gasteiger partial charge in [0.15, 0.2) is 0 Å². The van der Waals surface area contributed by atoms with Gasteiger partial charge in [0.2, 0.25) is 5.91 Å². The maximum absolute atomic E-state index is 13.6. The molecule has 7 heteroatoms. The number of nitrogens with one attached hydrogen (secondary N) is 1. The zero-order chi connectivity index (χ0) is 18.7. The average Bonchev–Trinajstić information content (AvgIpc) is 2.62. The van der Waals surface area contributed by atoms with E-state index in [9.17, 15) is 18.0 Å². The second-order valence-corrected chi connectivity index (χ2v) is 6.31. The van der Waals surface area contributed by atoms with Gasteiger partial charge < -0.3 is 11.1 Å². The van der Waals surface area contributed by atoms with Crippen LogP contribution in [0.25, 0.3) is 11.1 Å². The van der Waals surface area contributed by atoms with Crippen LogP contribution >= 0.6 is 0 Å². The fourth-order valence-electron chi connectivity index (χ4n) is 3.21. The first-order valence-corrected chi connectivity index (χ1v) is 8.38. The molecule has 138 valence electrons. The number of rotatable bonds is 4. The van der Waals surface area contributed by atoms with Crippen molar-refractivity contribution in [3.05, 3.63) is 59.2 Å². The standard InChI is InChI=1S/C19H20F3N3O/c20-19(21,22)17-11-13(15-3-1-2-4-16(15)18(23)26)5-6-14(17)12-25-9-7-24-8-10-25/h1-6,11,24H,7-10,12H2,(H2,23,26). The zero-order valence-corrected chi connectivity index (χ0v) is 14.1. The predicted molar refractivity (Wildman–Crippen MR) is 93.5 cm³/mol. The summed E-state index contributed by atoms with van der Waals surface area (Å²) in [5.41, 5.74) is 5.85. The summed E-state index contributed by atoms with van der Waals surface area (Å²) in [7, 11) is 0. The van der Waals surface area contributed by atoms with Gasteiger partial charge in [0.25, 0.3) is 0 Å². The fourth-order valence-corrected chi connectivity index (χ4v) is 3.21. The Morgan fingerprint density at radius 2 is 1.81 bits per heavy atom. The van der Waals surface area contributed by atoms with Crippen LogP contribution in [0.1, 0.15) is 21.5 Å². The van der Waals surface area contributed by atoms with Gasteiger partial charge in [-0.25, -0.2) is 0 Å². The summed E-state index contributed by atoms with van der Waals surface area (Å²) in [6.07, 6.45) is -4.47. The molecule has 1 heterocycles. The van der Waals surface area contributed by atoms with Crippen LogP contribution in [0.5, 0.6) is 0 Å². The Labute approximate surface area is 149 Å². The van der Waals surface area contributed by atoms with Gasteiger partial charge in [0.05, 0.1) is 5.56 Å². The third-order valence-electron chi connectivity index (χ3n) is 4.52. The second kappa shape index (κ2) is 7.47. The van der Waals surface area contributed by atoms with Crippen LogP contribution in [0, 0.1) is 0 Å². The highest BCUT2D eigenvalue weighted by Crippen LogP contribution is 2.36. The molecule has 26 heavy (non-hydrogen) atoms. The van der Waals surface area contributed by atoms with Gasteiger partial charge in [-0.05, 0) is 28.8 Å². The molecule has 0 saturated carbocycles. The number of carbonyl (C=O) groups is 1. The van der Waals surface area contributed by atoms with E-state index in [0.717, 1.165) is 19.2 Å². The molecule has 2 aromatic rings. The lowest BCUT2D eigenvalue weighted by molar-refractivity contribution is -0.138. The topological polar surface area (TPSA) is 58.4 Å². The van der Waals surface area contributed by atoms with Crippen molar-refractivity contribution in [3.63, 3.8) is 0 Å². The monoisotopic (exact) mass is 363 g/mol. The lowest BCUT2D eigenvalue weighted by Gasteiger charge is -2.28. The molecule has 3 rings (SSSR count). The van der Waals surface area contributed by atoms with Crippen molar-refractivity contribution in [2.75, 3.05) is 26.2 Å². The molecule has 0 bridgehead atoms. The second-order valence-electron chi connectivity index (χ2n) is 6.31. The summed E-state index contributed by atoms with van der Waals surface area (Å²) >= 11 is 0. The van der Waals surface area contributed by atoms with E-state index in [1.807, 2.05) is 4.90 Å². The molecule has 1 saturated heterocycles. The molecule has 1 fully saturated rings. The van der Waals surface area contributed by atoms with Crippen molar-refractivity contribution in [3.8, 4) is 11.1 Å². The van der Waals surface area contributed by atoms with E-state index < -0.39 is 17.6 Å². The van der Waals surface area contributed by atoms with E-state index >= 15 is 0 Å². The number of benzene rings is 2. The molecule has 4 nitrogen and oxygen atoms in total. The first-order valence-electron chi connectivity index (χ1n) is 8.38. The fraction of sp³-hybridized carbons (Fsp3) is 0.316. The number of hydrogen-bond acceptors (Lipinski definition) is 3. The maximum Gasteiger partial charge on any atom is 0.416 e. The van der Waals surface area contributed by atoms with Crippen molar-refractivity contribution in [1.29, 1.82) is 0 Å². The average molecular weight is 363 g/mol. The summed E-state index contributed by atoms with van der Waals surface area (Å²) in [6, 6.07) is 10.6. The third kappa shape index (κ3) is 4.05. The minimum atomic E-state index is -4.47. The van der Waals surface area contributed by atoms with Crippen LogP contribution in [0.3, 0.4) is 0 Å². The first kappa shape index (κ1) is 18.4. The Kier molecular flexibility index (Phi) is 5.29. The molecule has 3 N–H and O–H groups in total. The molecule has 0 radical (unpaired) electrons. The van der Waals surface area contributed by atoms with E-state index in [2.05, 4.69) is 5.32 Å². The minimum Gasteiger partial charge on any atom is -0.366 e. The van der Waals surface area contributed by atoms with E-state index in [4.69, 9.17) is 5.73 Å². The number of piperazine rings is 1. The van der Waals surface area contributed by atoms with Crippen LogP contribution in [0.15, 0.2) is 42.5 Å². The molecule has 1 aliphatic rings. The molecule has 0 spiro atoms. The van der Waals surface area contributed by atoms with E-state index in [-0.39, 0.29) is 17.7 Å². The van der Waals surface area contributed by atoms with Crippen molar-refractivity contribution in [2.24, 2.45) is 5.73 Å². The highest BCUT2D eigenvalue weighted by atomic mass is 19.4. The van der Waals surface area contributed by atoms with Gasteiger partial charge in [-0.3, -0.25) is 9.69 Å². The van der Waals surface area contributed by atoms with Gasteiger partial charge >= 0.3 is 6.18 Å². The molecule has 1 amide bonds. The Balaban J connectivity index is 2.01. The third-order valence-corrected chi connectivity index (χ3v) is 4.52. The van der Waals surface area contributed by atoms with Gasteiger partial charge in [-0.1, -0.05) is 30.3 Å². The number of amides is 1. The summed E-state index contributed by atoms with van der Waals surface area (Å²) in [5.74, 6) is -0.668. The summed E-state index contributed by atoms with van der Waals surface area (Å²) in [5, 5.41) is 3.19. The Bertz CT molecular complexity index is 799. The summed E-state index contributed by atoms with van der Waals surface area (Å²) in [4.78, 5) is 13.6. The minimum absolute atomic E-state index is 0.204. The maximum atomic E-state index is 13.6. The SMILES string of the molecule is NC(=O)c1ccccc1-c1ccc(CN2CCNCC2)c(C(F)(F)F)c1. The van der Waals surface area contributed by atoms with E-state index in [0.29, 0.717) is 24.2 Å². The Morgan fingerprint density at radius 1 is 1.12 bits per heavy atom. The van der Waals surface area contributed by atoms with Gasteiger partial charge in [0.1, 0.15) is 0 Å². The number of carbonyl (C=O) groups excluding carboxylic acids is 1. The number of primary amides is 1. The highest BCUT2D eigenvalue weighted by Gasteiger charge is 2.34. The van der Waals surface area contributed by atoms with E-state index in [1.165, 1.54) is 12.1 Å². The molecule has 0 unspecified atom stereocenters. The van der Waals surface area contributed by atoms with Crippen LogP contribution in [-0.2, 0) is 12.7 Å². The van der Waals surface area contributed by atoms with Crippen molar-refractivity contribution < 1.29 is 18.0 Å². The quantitative estimate of drug-likeness (QED) is 0.878. The van der Waals surface area contributed by atoms with Crippen LogP contribution in [-0.4, -0.2) is 37.0 Å². The molecular weight excluding hydrogens is 343 g/mol. The normalized spacial score (nSPS) is 15.8. The molecule has 0 atom stereocenters. The van der Waals surface area contributed by atoms with Crippen LogP contribution in [0.2, 0.25) is 0 Å². The number of alkyl halides is 3. The highest BCUT2D eigenvalue weighted by molar-refractivity contribution is 5.99. The zero-order valence-electron chi connectivity index (χ0n) is 14.1. The summed E-state index contributed by atoms with van der Waals surface area (Å²) in [6.45, 7) is 3.21. The molecule has 0 aliphatic carbocycles. The van der Waals surface area contributed by atoms with Crippen molar-refractivity contribution in [2.45, 2.75) is 12.7 Å². The predicted octanol–water partition coefficient (Wildman–Crippen LogP) is 2.88. The van der Waals surface area contributed by atoms with Gasteiger partial charge in [-0.2, -0.15) is 13.2 Å². The Hall–Kier alpha value is -2.38. The molecule has 1 aliphatic heterocycles. The number of nitrogens with zero attached hydrogens (tertiary/aromatic N) is 1. The number of hydrogen-bond donors (Lipinski definition) is 2. The van der Waals surface area contributed by atoms with Crippen LogP contribution in [0.4, 0.5) is 13.2 Å². The summed E-state index contributed by atoms with van der Waals surface area (Å²) < 4.78 is 40.9. The van der Waals surface area contributed by atoms with E-state index in [1.54, 1.807) is 24.3 Å². The number of nitrogens with two attached hydrogens (primary N) is 1. The Morgan fingerprint density at radius 3 is 2.46 bits per heavy atom. The molecular formula is C19H20F3N3O. The lowest BCUT2D eigenvalue weighted by Crippen LogP contribution is -2.43. The van der Waals surface area contributed by atoms with Crippen LogP contribution < -0.4 is 11.1 Å². The van der Waals surface area contributed by atoms with Gasteiger partial charge in [0, 0.05) is 38.3 Å². The first-order chi connectivity index (χ1) is 12.4. The lowest BCUT2D eigenvalue weighted by atomic mass is 9.95. The molecule has 2 aromatic carbocycles. The van der Waals surface area contributed by atoms with Crippen molar-refractivity contribution >= 4 is 5.91 Å². The van der Waals surface area contributed by atoms with Crippen molar-refractivity contribution in [1.82, 2.24) is 10.2 Å². The largest absolute Gasteiger partial charge is 0.416 e. The molecule has 0 aromatic heterocycles. The number of halogens is 3.